The lowest BCUT2D eigenvalue weighted by molar-refractivity contribution is 0.0394. The Morgan fingerprint density at radius 1 is 1.40 bits per heavy atom. The van der Waals surface area contributed by atoms with Gasteiger partial charge in [0.1, 0.15) is 10.7 Å². The van der Waals surface area contributed by atoms with E-state index < -0.39 is 10.0 Å². The molecule has 0 unspecified atom stereocenters. The van der Waals surface area contributed by atoms with Gasteiger partial charge in [0.2, 0.25) is 10.0 Å². The van der Waals surface area contributed by atoms with E-state index in [9.17, 15) is 8.42 Å². The number of pyridine rings is 1. The lowest BCUT2D eigenvalue weighted by Crippen LogP contribution is -2.33. The van der Waals surface area contributed by atoms with Crippen molar-refractivity contribution in [2.75, 3.05) is 31.6 Å². The minimum absolute atomic E-state index is 0.00834. The molecule has 2 rings (SSSR count). The molecule has 1 saturated heterocycles. The minimum Gasteiger partial charge on any atom is -0.376 e. The monoisotopic (exact) mass is 300 g/mol. The number of hydrogen-bond acceptors (Lipinski definition) is 6. The Hall–Kier alpha value is -1.22. The molecule has 1 aromatic rings. The van der Waals surface area contributed by atoms with E-state index in [0.29, 0.717) is 25.1 Å². The van der Waals surface area contributed by atoms with Gasteiger partial charge in [0.25, 0.3) is 0 Å². The maximum absolute atomic E-state index is 11.1. The quantitative estimate of drug-likeness (QED) is 0.634. The SMILES string of the molecule is NS(=O)(=O)c1ccc(NCCOC2CCNCC2)nc1. The second-order valence-corrected chi connectivity index (χ2v) is 6.23. The molecule has 0 bridgehead atoms. The topological polar surface area (TPSA) is 106 Å². The predicted octanol–water partition coefficient (Wildman–Crippen LogP) is -0.0905. The molecule has 0 saturated carbocycles. The number of piperidine rings is 1. The number of primary sulfonamides is 1. The normalized spacial score (nSPS) is 17.1. The van der Waals surface area contributed by atoms with Crippen LogP contribution in [0.4, 0.5) is 5.82 Å². The van der Waals surface area contributed by atoms with Gasteiger partial charge < -0.3 is 15.4 Å². The molecule has 1 aliphatic rings. The molecule has 0 amide bonds. The molecule has 1 aliphatic heterocycles. The molecule has 1 fully saturated rings. The summed E-state index contributed by atoms with van der Waals surface area (Å²) in [6.07, 6.45) is 3.66. The molecular formula is C12H20N4O3S. The van der Waals surface area contributed by atoms with E-state index in [-0.39, 0.29) is 4.90 Å². The van der Waals surface area contributed by atoms with Gasteiger partial charge in [0.05, 0.1) is 12.7 Å². The van der Waals surface area contributed by atoms with Gasteiger partial charge in [-0.05, 0) is 38.1 Å². The van der Waals surface area contributed by atoms with Crippen molar-refractivity contribution in [3.8, 4) is 0 Å². The lowest BCUT2D eigenvalue weighted by atomic mass is 10.1. The van der Waals surface area contributed by atoms with Gasteiger partial charge in [0, 0.05) is 12.7 Å². The van der Waals surface area contributed by atoms with Gasteiger partial charge >= 0.3 is 0 Å². The number of nitrogens with two attached hydrogens (primary N) is 1. The first kappa shape index (κ1) is 15.2. The zero-order valence-corrected chi connectivity index (χ0v) is 12.0. The molecule has 0 aliphatic carbocycles. The molecule has 0 spiro atoms. The van der Waals surface area contributed by atoms with Crippen LogP contribution in [0, 0.1) is 0 Å². The number of ether oxygens (including phenoxy) is 1. The first-order valence-electron chi connectivity index (χ1n) is 6.61. The number of anilines is 1. The number of sulfonamides is 1. The number of nitrogens with zero attached hydrogens (tertiary/aromatic N) is 1. The highest BCUT2D eigenvalue weighted by Crippen LogP contribution is 2.09. The van der Waals surface area contributed by atoms with E-state index in [4.69, 9.17) is 9.88 Å². The average molecular weight is 300 g/mol. The van der Waals surface area contributed by atoms with Crippen LogP contribution in [0.1, 0.15) is 12.8 Å². The van der Waals surface area contributed by atoms with E-state index >= 15 is 0 Å². The van der Waals surface area contributed by atoms with Crippen LogP contribution < -0.4 is 15.8 Å². The summed E-state index contributed by atoms with van der Waals surface area (Å²) in [4.78, 5) is 4.00. The Balaban J connectivity index is 1.71. The van der Waals surface area contributed by atoms with Crippen molar-refractivity contribution in [2.45, 2.75) is 23.8 Å². The fourth-order valence-electron chi connectivity index (χ4n) is 2.02. The Kier molecular flexibility index (Phi) is 5.30. The molecule has 7 nitrogen and oxygen atoms in total. The number of nitrogens with one attached hydrogen (secondary N) is 2. The molecule has 112 valence electrons. The number of aromatic nitrogens is 1. The van der Waals surface area contributed by atoms with Crippen molar-refractivity contribution in [2.24, 2.45) is 5.14 Å². The van der Waals surface area contributed by atoms with Crippen LogP contribution in [-0.2, 0) is 14.8 Å². The summed E-state index contributed by atoms with van der Waals surface area (Å²) in [6, 6.07) is 3.02. The van der Waals surface area contributed by atoms with Gasteiger partial charge in [-0.15, -0.1) is 0 Å². The molecule has 0 radical (unpaired) electrons. The van der Waals surface area contributed by atoms with Crippen molar-refractivity contribution in [1.82, 2.24) is 10.3 Å². The van der Waals surface area contributed by atoms with E-state index in [2.05, 4.69) is 15.6 Å². The highest BCUT2D eigenvalue weighted by Gasteiger charge is 2.12. The Labute approximate surface area is 119 Å². The summed E-state index contributed by atoms with van der Waals surface area (Å²) in [6.45, 7) is 3.25. The highest BCUT2D eigenvalue weighted by molar-refractivity contribution is 7.89. The third-order valence-corrected chi connectivity index (χ3v) is 4.01. The molecule has 0 atom stereocenters. The molecule has 2 heterocycles. The first-order valence-corrected chi connectivity index (χ1v) is 8.15. The van der Waals surface area contributed by atoms with Crippen molar-refractivity contribution in [3.05, 3.63) is 18.3 Å². The fraction of sp³-hybridized carbons (Fsp3) is 0.583. The third-order valence-electron chi connectivity index (χ3n) is 3.11. The molecule has 0 aromatic carbocycles. The largest absolute Gasteiger partial charge is 0.376 e. The smallest absolute Gasteiger partial charge is 0.239 e. The summed E-state index contributed by atoms with van der Waals surface area (Å²) >= 11 is 0. The van der Waals surface area contributed by atoms with Crippen LogP contribution in [-0.4, -0.2) is 45.7 Å². The second kappa shape index (κ2) is 6.98. The maximum atomic E-state index is 11.1. The van der Waals surface area contributed by atoms with Crippen LogP contribution in [0.2, 0.25) is 0 Å². The first-order chi connectivity index (χ1) is 9.55. The summed E-state index contributed by atoms with van der Waals surface area (Å²) in [5.41, 5.74) is 0. The van der Waals surface area contributed by atoms with E-state index in [0.717, 1.165) is 25.9 Å². The van der Waals surface area contributed by atoms with Crippen LogP contribution in [0.25, 0.3) is 0 Å². The minimum atomic E-state index is -3.68. The van der Waals surface area contributed by atoms with Gasteiger partial charge in [-0.1, -0.05) is 0 Å². The average Bonchev–Trinajstić information content (AvgIpc) is 2.44. The zero-order chi connectivity index (χ0) is 14.4. The van der Waals surface area contributed by atoms with Crippen molar-refractivity contribution in [1.29, 1.82) is 0 Å². The molecule has 20 heavy (non-hydrogen) atoms. The Morgan fingerprint density at radius 2 is 2.15 bits per heavy atom. The van der Waals surface area contributed by atoms with Gasteiger partial charge in [-0.25, -0.2) is 18.5 Å². The second-order valence-electron chi connectivity index (χ2n) is 4.67. The third kappa shape index (κ3) is 4.71. The summed E-state index contributed by atoms with van der Waals surface area (Å²) < 4.78 is 27.9. The maximum Gasteiger partial charge on any atom is 0.239 e. The number of hydrogen-bond donors (Lipinski definition) is 3. The van der Waals surface area contributed by atoms with E-state index in [1.165, 1.54) is 12.3 Å². The van der Waals surface area contributed by atoms with Crippen molar-refractivity contribution < 1.29 is 13.2 Å². The van der Waals surface area contributed by atoms with Gasteiger partial charge in [-0.2, -0.15) is 0 Å². The highest BCUT2D eigenvalue weighted by atomic mass is 32.2. The van der Waals surface area contributed by atoms with Crippen LogP contribution in [0.5, 0.6) is 0 Å². The van der Waals surface area contributed by atoms with Crippen molar-refractivity contribution in [3.63, 3.8) is 0 Å². The molecular weight excluding hydrogens is 280 g/mol. The summed E-state index contributed by atoms with van der Waals surface area (Å²) in [5.74, 6) is 0.603. The summed E-state index contributed by atoms with van der Waals surface area (Å²) in [5, 5.41) is 11.4. The fourth-order valence-corrected chi connectivity index (χ4v) is 2.48. The van der Waals surface area contributed by atoms with E-state index in [1.807, 2.05) is 0 Å². The lowest BCUT2D eigenvalue weighted by Gasteiger charge is -2.23. The van der Waals surface area contributed by atoms with Crippen LogP contribution in [0.3, 0.4) is 0 Å². The Morgan fingerprint density at radius 3 is 2.75 bits per heavy atom. The van der Waals surface area contributed by atoms with Gasteiger partial charge in [0.15, 0.2) is 0 Å². The van der Waals surface area contributed by atoms with Gasteiger partial charge in [-0.3, -0.25) is 0 Å². The molecule has 1 aromatic heterocycles. The Bertz CT molecular complexity index is 512. The number of rotatable bonds is 6. The zero-order valence-electron chi connectivity index (χ0n) is 11.2. The van der Waals surface area contributed by atoms with Crippen molar-refractivity contribution >= 4 is 15.8 Å². The molecule has 8 heteroatoms. The standard InChI is InChI=1S/C12H20N4O3S/c13-20(17,18)11-1-2-12(16-9-11)15-7-8-19-10-3-5-14-6-4-10/h1-2,9-10,14H,3-8H2,(H,15,16)(H2,13,17,18). The van der Waals surface area contributed by atoms with Crippen LogP contribution in [0.15, 0.2) is 23.2 Å². The predicted molar refractivity (Wildman–Crippen MR) is 75.9 cm³/mol. The summed E-state index contributed by atoms with van der Waals surface area (Å²) in [7, 11) is -3.68. The molecule has 4 N–H and O–H groups in total. The van der Waals surface area contributed by atoms with Crippen LogP contribution >= 0.6 is 0 Å². The van der Waals surface area contributed by atoms with E-state index in [1.54, 1.807) is 6.07 Å².